The summed E-state index contributed by atoms with van der Waals surface area (Å²) >= 11 is 2.32. The van der Waals surface area contributed by atoms with Gasteiger partial charge < -0.3 is 5.11 Å². The van der Waals surface area contributed by atoms with Crippen molar-refractivity contribution in [1.82, 2.24) is 0 Å². The minimum atomic E-state index is -0.619. The summed E-state index contributed by atoms with van der Waals surface area (Å²) in [7, 11) is 0. The monoisotopic (exact) mass is 414 g/mol. The van der Waals surface area contributed by atoms with Gasteiger partial charge in [-0.3, -0.25) is 4.79 Å². The van der Waals surface area contributed by atoms with Crippen LogP contribution in [0.5, 0.6) is 0 Å². The van der Waals surface area contributed by atoms with Crippen LogP contribution >= 0.6 is 22.6 Å². The van der Waals surface area contributed by atoms with Crippen LogP contribution in [-0.4, -0.2) is 17.0 Å². The number of carbonyl (C=O) groups is 1. The number of aliphatic hydroxyl groups is 1. The van der Waals surface area contributed by atoms with E-state index < -0.39 is 6.10 Å². The smallest absolute Gasteiger partial charge is 0.185 e. The van der Waals surface area contributed by atoms with Crippen molar-refractivity contribution >= 4 is 28.4 Å². The molecular formula is C19H27IO2. The molecule has 2 nitrogen and oxygen atoms in total. The lowest BCUT2D eigenvalue weighted by atomic mass is 9.66. The van der Waals surface area contributed by atoms with E-state index in [1.807, 2.05) is 6.92 Å². The van der Waals surface area contributed by atoms with Gasteiger partial charge in [-0.25, -0.2) is 0 Å². The molecule has 3 atom stereocenters. The lowest BCUT2D eigenvalue weighted by Gasteiger charge is -2.43. The van der Waals surface area contributed by atoms with Crippen molar-refractivity contribution < 1.29 is 9.90 Å². The zero-order valence-electron chi connectivity index (χ0n) is 14.1. The average molecular weight is 414 g/mol. The van der Waals surface area contributed by atoms with Crippen molar-refractivity contribution in [3.8, 4) is 0 Å². The SMILES string of the molecule is C/C1=C/C(=O)C2=C(I)[C@@](C)(CC/C(C)=C/CC1)[C@H](C)C[C@@H]2O. The number of hydrogen-bond acceptors (Lipinski definition) is 2. The van der Waals surface area contributed by atoms with E-state index in [9.17, 15) is 9.90 Å². The minimum Gasteiger partial charge on any atom is -0.388 e. The first kappa shape index (κ1) is 17.9. The third kappa shape index (κ3) is 3.56. The summed E-state index contributed by atoms with van der Waals surface area (Å²) in [6.45, 7) is 8.68. The Kier molecular flexibility index (Phi) is 5.70. The maximum Gasteiger partial charge on any atom is 0.185 e. The Morgan fingerprint density at radius 1 is 1.27 bits per heavy atom. The molecule has 2 aliphatic rings. The maximum atomic E-state index is 12.7. The lowest BCUT2D eigenvalue weighted by molar-refractivity contribution is -0.112. The summed E-state index contributed by atoms with van der Waals surface area (Å²) in [6, 6.07) is 0. The number of rotatable bonds is 0. The van der Waals surface area contributed by atoms with Gasteiger partial charge in [-0.15, -0.1) is 0 Å². The van der Waals surface area contributed by atoms with Gasteiger partial charge in [0.05, 0.1) is 6.10 Å². The molecule has 0 saturated heterocycles. The molecule has 0 aromatic rings. The van der Waals surface area contributed by atoms with E-state index in [1.54, 1.807) is 6.08 Å². The number of aliphatic hydroxyl groups excluding tert-OH is 1. The summed E-state index contributed by atoms with van der Waals surface area (Å²) < 4.78 is 1.07. The number of fused-ring (bicyclic) bond motifs is 1. The van der Waals surface area contributed by atoms with Crippen LogP contribution in [0, 0.1) is 11.3 Å². The normalized spacial score (nSPS) is 39.3. The zero-order valence-corrected chi connectivity index (χ0v) is 16.2. The van der Waals surface area contributed by atoms with E-state index >= 15 is 0 Å². The highest BCUT2D eigenvalue weighted by molar-refractivity contribution is 14.1. The van der Waals surface area contributed by atoms with Crippen molar-refractivity contribution in [1.29, 1.82) is 0 Å². The topological polar surface area (TPSA) is 37.3 Å². The highest BCUT2D eigenvalue weighted by Crippen LogP contribution is 2.51. The van der Waals surface area contributed by atoms with Crippen LogP contribution in [0.4, 0.5) is 0 Å². The Balaban J connectivity index is 2.53. The number of ketones is 1. The van der Waals surface area contributed by atoms with Crippen LogP contribution in [0.3, 0.4) is 0 Å². The molecule has 0 fully saturated rings. The van der Waals surface area contributed by atoms with Gasteiger partial charge in [-0.05, 0) is 80.5 Å². The molecule has 0 aromatic heterocycles. The molecule has 22 heavy (non-hydrogen) atoms. The standard InChI is InChI=1S/C19H27IO2/c1-12-6-5-7-13(2)10-15(21)17-16(22)11-14(3)19(4,9-8-12)18(17)20/h6,10,14,16,22H,5,7-9,11H2,1-4H3/b12-6+,13-10-/t14-,16+,19+/m1/s1. The van der Waals surface area contributed by atoms with E-state index in [1.165, 1.54) is 5.57 Å². The van der Waals surface area contributed by atoms with E-state index in [4.69, 9.17) is 0 Å². The molecular weight excluding hydrogens is 387 g/mol. The maximum absolute atomic E-state index is 12.7. The second-order valence-corrected chi connectivity index (χ2v) is 8.32. The summed E-state index contributed by atoms with van der Waals surface area (Å²) in [6.07, 6.45) is 8.12. The van der Waals surface area contributed by atoms with Gasteiger partial charge in [0, 0.05) is 14.6 Å². The van der Waals surface area contributed by atoms with Gasteiger partial charge in [0.25, 0.3) is 0 Å². The Morgan fingerprint density at radius 3 is 2.64 bits per heavy atom. The van der Waals surface area contributed by atoms with Crippen molar-refractivity contribution in [3.63, 3.8) is 0 Å². The molecule has 0 aromatic carbocycles. The zero-order chi connectivity index (χ0) is 16.5. The van der Waals surface area contributed by atoms with Crippen LogP contribution in [0.1, 0.15) is 59.8 Å². The molecule has 0 aliphatic heterocycles. The number of allylic oxidation sites excluding steroid dienone is 5. The molecule has 3 heteroatoms. The molecule has 0 heterocycles. The highest BCUT2D eigenvalue weighted by atomic mass is 127. The highest BCUT2D eigenvalue weighted by Gasteiger charge is 2.43. The van der Waals surface area contributed by atoms with Gasteiger partial charge in [-0.2, -0.15) is 0 Å². The lowest BCUT2D eigenvalue weighted by Crippen LogP contribution is -2.38. The van der Waals surface area contributed by atoms with E-state index in [0.29, 0.717) is 17.9 Å². The predicted octanol–water partition coefficient (Wildman–Crippen LogP) is 5.12. The fourth-order valence-corrected chi connectivity index (χ4v) is 4.92. The third-order valence-electron chi connectivity index (χ3n) is 5.45. The fraction of sp³-hybridized carbons (Fsp3) is 0.632. The Labute approximate surface area is 147 Å². The molecule has 2 rings (SSSR count). The molecule has 0 spiro atoms. The second-order valence-electron chi connectivity index (χ2n) is 7.24. The first-order chi connectivity index (χ1) is 10.3. The van der Waals surface area contributed by atoms with Crippen molar-refractivity contribution in [2.75, 3.05) is 0 Å². The van der Waals surface area contributed by atoms with Crippen molar-refractivity contribution in [2.45, 2.75) is 65.9 Å². The first-order valence-electron chi connectivity index (χ1n) is 8.21. The molecule has 0 unspecified atom stereocenters. The van der Waals surface area contributed by atoms with Gasteiger partial charge in [0.15, 0.2) is 5.78 Å². The van der Waals surface area contributed by atoms with Crippen molar-refractivity contribution in [3.05, 3.63) is 32.5 Å². The summed E-state index contributed by atoms with van der Waals surface area (Å²) in [5, 5.41) is 10.5. The Hall–Kier alpha value is -0.420. The Bertz CT molecular complexity index is 556. The van der Waals surface area contributed by atoms with E-state index in [2.05, 4.69) is 49.4 Å². The van der Waals surface area contributed by atoms with Crippen LogP contribution in [0.15, 0.2) is 32.5 Å². The predicted molar refractivity (Wildman–Crippen MR) is 99.9 cm³/mol. The number of hydrogen-bond donors (Lipinski definition) is 1. The van der Waals surface area contributed by atoms with Crippen LogP contribution in [-0.2, 0) is 4.79 Å². The van der Waals surface area contributed by atoms with E-state index in [0.717, 1.165) is 34.8 Å². The molecule has 2 aliphatic carbocycles. The number of halogens is 1. The van der Waals surface area contributed by atoms with E-state index in [-0.39, 0.29) is 11.2 Å². The minimum absolute atomic E-state index is 0.00815. The molecule has 0 saturated carbocycles. The average Bonchev–Trinajstić information content (AvgIpc) is 2.42. The van der Waals surface area contributed by atoms with Crippen molar-refractivity contribution in [2.24, 2.45) is 11.3 Å². The molecule has 0 amide bonds. The summed E-state index contributed by atoms with van der Waals surface area (Å²) in [4.78, 5) is 12.7. The van der Waals surface area contributed by atoms with Crippen LogP contribution in [0.25, 0.3) is 0 Å². The summed E-state index contributed by atoms with van der Waals surface area (Å²) in [5.74, 6) is 0.389. The van der Waals surface area contributed by atoms with Gasteiger partial charge >= 0.3 is 0 Å². The van der Waals surface area contributed by atoms with Gasteiger partial charge in [-0.1, -0.05) is 31.1 Å². The fourth-order valence-electron chi connectivity index (χ4n) is 3.49. The molecule has 122 valence electrons. The largest absolute Gasteiger partial charge is 0.388 e. The molecule has 0 radical (unpaired) electrons. The molecule has 1 N–H and O–H groups in total. The quantitative estimate of drug-likeness (QED) is 0.442. The van der Waals surface area contributed by atoms with Crippen LogP contribution in [0.2, 0.25) is 0 Å². The van der Waals surface area contributed by atoms with Gasteiger partial charge in [0.2, 0.25) is 0 Å². The van der Waals surface area contributed by atoms with Crippen LogP contribution < -0.4 is 0 Å². The second kappa shape index (κ2) is 7.00. The first-order valence-corrected chi connectivity index (χ1v) is 9.29. The number of carbonyl (C=O) groups excluding carboxylic acids is 1. The summed E-state index contributed by atoms with van der Waals surface area (Å²) in [5.41, 5.74) is 3.16. The Morgan fingerprint density at radius 2 is 1.95 bits per heavy atom. The van der Waals surface area contributed by atoms with Gasteiger partial charge in [0.1, 0.15) is 0 Å². The third-order valence-corrected chi connectivity index (χ3v) is 7.26. The molecule has 2 bridgehead atoms.